The van der Waals surface area contributed by atoms with Gasteiger partial charge in [0.15, 0.2) is 0 Å². The van der Waals surface area contributed by atoms with Crippen molar-refractivity contribution >= 4 is 23.1 Å². The second kappa shape index (κ2) is 7.89. The van der Waals surface area contributed by atoms with Crippen molar-refractivity contribution < 1.29 is 5.11 Å². The summed E-state index contributed by atoms with van der Waals surface area (Å²) in [6, 6.07) is 4.08. The number of hydrogen-bond acceptors (Lipinski definition) is 8. The Morgan fingerprint density at radius 2 is 1.86 bits per heavy atom. The smallest absolute Gasteiger partial charge is 0.150 e. The zero-order valence-electron chi connectivity index (χ0n) is 16.6. The molecule has 0 spiro atoms. The molecule has 0 aromatic carbocycles. The van der Waals surface area contributed by atoms with E-state index in [0.29, 0.717) is 17.6 Å². The summed E-state index contributed by atoms with van der Waals surface area (Å²) in [7, 11) is 0. The number of aromatic nitrogens is 3. The van der Waals surface area contributed by atoms with Gasteiger partial charge in [0, 0.05) is 49.9 Å². The van der Waals surface area contributed by atoms with Gasteiger partial charge in [-0.3, -0.25) is 4.98 Å². The molecule has 4 rings (SSSR count). The van der Waals surface area contributed by atoms with Crippen LogP contribution >= 0.6 is 0 Å². The Kier molecular flexibility index (Phi) is 5.32. The van der Waals surface area contributed by atoms with E-state index in [1.54, 1.807) is 6.20 Å². The minimum atomic E-state index is -0.460. The summed E-state index contributed by atoms with van der Waals surface area (Å²) in [5.41, 5.74) is 1.70. The fourth-order valence-electron chi connectivity index (χ4n) is 3.26. The lowest BCUT2D eigenvalue weighted by Gasteiger charge is -2.31. The Hall–Kier alpha value is -2.45. The highest BCUT2D eigenvalue weighted by Crippen LogP contribution is 2.38. The SMILES string of the molecule is CC(C)(CO)Nc1cc(N2CCNCC2)cc(Nc2cnc(C3CC3)cn2)n1. The van der Waals surface area contributed by atoms with Gasteiger partial charge in [0.2, 0.25) is 0 Å². The van der Waals surface area contributed by atoms with Crippen LogP contribution in [0.1, 0.15) is 38.3 Å². The second-order valence-corrected chi connectivity index (χ2v) is 8.23. The third-order valence-corrected chi connectivity index (χ3v) is 5.08. The van der Waals surface area contributed by atoms with Crippen LogP contribution in [0.25, 0.3) is 0 Å². The summed E-state index contributed by atoms with van der Waals surface area (Å²) in [6.07, 6.45) is 6.06. The lowest BCUT2D eigenvalue weighted by molar-refractivity contribution is 0.234. The highest BCUT2D eigenvalue weighted by Gasteiger charge is 2.25. The summed E-state index contributed by atoms with van der Waals surface area (Å²) in [5.74, 6) is 2.70. The fraction of sp³-hybridized carbons (Fsp3) is 0.550. The van der Waals surface area contributed by atoms with E-state index < -0.39 is 5.54 Å². The molecule has 0 unspecified atom stereocenters. The van der Waals surface area contributed by atoms with Gasteiger partial charge >= 0.3 is 0 Å². The maximum Gasteiger partial charge on any atom is 0.150 e. The molecule has 2 fully saturated rings. The molecular weight excluding hydrogens is 354 g/mol. The van der Waals surface area contributed by atoms with Crippen LogP contribution in [0.5, 0.6) is 0 Å². The number of hydrogen-bond donors (Lipinski definition) is 4. The van der Waals surface area contributed by atoms with Gasteiger partial charge in [0.1, 0.15) is 17.5 Å². The Labute approximate surface area is 165 Å². The second-order valence-electron chi connectivity index (χ2n) is 8.23. The van der Waals surface area contributed by atoms with E-state index >= 15 is 0 Å². The summed E-state index contributed by atoms with van der Waals surface area (Å²) in [4.78, 5) is 16.0. The number of pyridine rings is 1. The van der Waals surface area contributed by atoms with E-state index in [-0.39, 0.29) is 6.61 Å². The lowest BCUT2D eigenvalue weighted by Crippen LogP contribution is -2.43. The van der Waals surface area contributed by atoms with Gasteiger partial charge in [0.05, 0.1) is 30.2 Å². The average molecular weight is 384 g/mol. The van der Waals surface area contributed by atoms with Gasteiger partial charge in [-0.25, -0.2) is 9.97 Å². The van der Waals surface area contributed by atoms with Crippen LogP contribution in [-0.4, -0.2) is 58.4 Å². The normalized spacial score (nSPS) is 17.5. The van der Waals surface area contributed by atoms with Gasteiger partial charge in [-0.2, -0.15) is 0 Å². The maximum atomic E-state index is 9.61. The van der Waals surface area contributed by atoms with E-state index in [0.717, 1.165) is 43.4 Å². The molecule has 2 aromatic rings. The quantitative estimate of drug-likeness (QED) is 0.577. The third kappa shape index (κ3) is 4.69. The van der Waals surface area contributed by atoms with E-state index in [4.69, 9.17) is 0 Å². The van der Waals surface area contributed by atoms with E-state index in [1.165, 1.54) is 12.8 Å². The minimum absolute atomic E-state index is 0.0173. The van der Waals surface area contributed by atoms with E-state index in [1.807, 2.05) is 32.2 Å². The van der Waals surface area contributed by atoms with Crippen molar-refractivity contribution in [3.8, 4) is 0 Å². The maximum absolute atomic E-state index is 9.61. The fourth-order valence-corrected chi connectivity index (χ4v) is 3.26. The molecule has 8 nitrogen and oxygen atoms in total. The standard InChI is InChI=1S/C20H29N7O/c1-20(2,13-28)26-18-10-15(27-7-5-21-6-8-27)9-17(24-18)25-19-12-22-16(11-23-19)14-3-4-14/h9-12,14,21,28H,3-8,13H2,1-2H3,(H2,23,24,25,26). The molecule has 150 valence electrons. The van der Waals surface area contributed by atoms with Gasteiger partial charge in [-0.05, 0) is 26.7 Å². The Bertz CT molecular complexity index is 799. The molecule has 8 heteroatoms. The number of nitrogens with zero attached hydrogens (tertiary/aromatic N) is 4. The van der Waals surface area contributed by atoms with Gasteiger partial charge in [-0.15, -0.1) is 0 Å². The zero-order chi connectivity index (χ0) is 19.6. The number of piperazine rings is 1. The number of aliphatic hydroxyl groups is 1. The van der Waals surface area contributed by atoms with Crippen LogP contribution < -0.4 is 20.9 Å². The third-order valence-electron chi connectivity index (χ3n) is 5.08. The first kappa shape index (κ1) is 18.9. The predicted octanol–water partition coefficient (Wildman–Crippen LogP) is 2.08. The van der Waals surface area contributed by atoms with Crippen molar-refractivity contribution in [2.75, 3.05) is 48.3 Å². The summed E-state index contributed by atoms with van der Waals surface area (Å²) in [5, 5.41) is 19.6. The molecule has 0 bridgehead atoms. The number of anilines is 4. The Morgan fingerprint density at radius 3 is 2.50 bits per heavy atom. The first-order chi connectivity index (χ1) is 13.5. The minimum Gasteiger partial charge on any atom is -0.394 e. The number of rotatable bonds is 7. The first-order valence-corrected chi connectivity index (χ1v) is 9.98. The van der Waals surface area contributed by atoms with Crippen molar-refractivity contribution in [3.63, 3.8) is 0 Å². The Balaban J connectivity index is 1.58. The molecule has 2 aromatic heterocycles. The van der Waals surface area contributed by atoms with Crippen LogP contribution in [-0.2, 0) is 0 Å². The lowest BCUT2D eigenvalue weighted by atomic mass is 10.1. The molecular formula is C20H29N7O. The molecule has 1 saturated carbocycles. The topological polar surface area (TPSA) is 98.2 Å². The number of nitrogens with one attached hydrogen (secondary N) is 3. The van der Waals surface area contributed by atoms with Gasteiger partial charge < -0.3 is 26.0 Å². The highest BCUT2D eigenvalue weighted by molar-refractivity contribution is 5.65. The summed E-state index contributed by atoms with van der Waals surface area (Å²) < 4.78 is 0. The molecule has 0 radical (unpaired) electrons. The average Bonchev–Trinajstić information content (AvgIpc) is 3.54. The molecule has 28 heavy (non-hydrogen) atoms. The first-order valence-electron chi connectivity index (χ1n) is 9.98. The van der Waals surface area contributed by atoms with Crippen LogP contribution in [0.2, 0.25) is 0 Å². The molecule has 0 amide bonds. The van der Waals surface area contributed by atoms with Crippen molar-refractivity contribution in [1.82, 2.24) is 20.3 Å². The van der Waals surface area contributed by atoms with Crippen molar-refractivity contribution in [1.29, 1.82) is 0 Å². The Morgan fingerprint density at radius 1 is 1.11 bits per heavy atom. The van der Waals surface area contributed by atoms with Crippen LogP contribution in [0, 0.1) is 0 Å². The van der Waals surface area contributed by atoms with Crippen LogP contribution in [0.4, 0.5) is 23.1 Å². The summed E-state index contributed by atoms with van der Waals surface area (Å²) >= 11 is 0. The van der Waals surface area contributed by atoms with Crippen molar-refractivity contribution in [3.05, 3.63) is 30.2 Å². The van der Waals surface area contributed by atoms with Crippen LogP contribution in [0.15, 0.2) is 24.5 Å². The van der Waals surface area contributed by atoms with Crippen molar-refractivity contribution in [2.24, 2.45) is 0 Å². The monoisotopic (exact) mass is 383 g/mol. The molecule has 3 heterocycles. The predicted molar refractivity (Wildman–Crippen MR) is 111 cm³/mol. The van der Waals surface area contributed by atoms with Gasteiger partial charge in [0.25, 0.3) is 0 Å². The zero-order valence-corrected chi connectivity index (χ0v) is 16.6. The van der Waals surface area contributed by atoms with Gasteiger partial charge in [-0.1, -0.05) is 0 Å². The molecule has 2 aliphatic rings. The molecule has 1 aliphatic carbocycles. The van der Waals surface area contributed by atoms with Crippen LogP contribution in [0.3, 0.4) is 0 Å². The molecule has 1 saturated heterocycles. The largest absolute Gasteiger partial charge is 0.394 e. The molecule has 0 atom stereocenters. The molecule has 4 N–H and O–H groups in total. The van der Waals surface area contributed by atoms with E-state index in [9.17, 15) is 5.11 Å². The van der Waals surface area contributed by atoms with Crippen molar-refractivity contribution in [2.45, 2.75) is 38.1 Å². The molecule has 1 aliphatic heterocycles. The van der Waals surface area contributed by atoms with E-state index in [2.05, 4.69) is 35.8 Å². The number of aliphatic hydroxyl groups excluding tert-OH is 1. The summed E-state index contributed by atoms with van der Waals surface area (Å²) in [6.45, 7) is 7.73. The highest BCUT2D eigenvalue weighted by atomic mass is 16.3.